The van der Waals surface area contributed by atoms with Gasteiger partial charge in [-0.05, 0) is 34.1 Å². The zero-order valence-corrected chi connectivity index (χ0v) is 21.0. The molecule has 3 aromatic rings. The summed E-state index contributed by atoms with van der Waals surface area (Å²) in [5.74, 6) is -1.99. The monoisotopic (exact) mass is 587 g/mol. The second kappa shape index (κ2) is 10.1. The summed E-state index contributed by atoms with van der Waals surface area (Å²) >= 11 is 13.4. The number of hydrogen-bond donors (Lipinski definition) is 3. The molecule has 5 atom stereocenters. The molecule has 1 aliphatic rings. The Balaban J connectivity index is 2.02. The second-order valence-electron chi connectivity index (χ2n) is 7.64. The van der Waals surface area contributed by atoms with Gasteiger partial charge in [-0.25, -0.2) is 18.4 Å². The van der Waals surface area contributed by atoms with E-state index in [1.807, 2.05) is 6.07 Å². The van der Waals surface area contributed by atoms with E-state index >= 15 is 0 Å². The van der Waals surface area contributed by atoms with E-state index in [0.29, 0.717) is 4.47 Å². The van der Waals surface area contributed by atoms with Crippen LogP contribution in [0, 0.1) is 23.0 Å². The van der Waals surface area contributed by atoms with Crippen LogP contribution in [0.1, 0.15) is 11.3 Å². The molecule has 184 valence electrons. The fraction of sp³-hybridized carbons (Fsp3) is 0.333. The molecule has 1 aromatic carbocycles. The molecule has 0 saturated carbocycles. The van der Waals surface area contributed by atoms with Gasteiger partial charge in [0.05, 0.1) is 12.8 Å². The number of rotatable bonds is 5. The summed E-state index contributed by atoms with van der Waals surface area (Å²) in [6, 6.07) is 5.50. The number of hydrogen-bond acceptors (Lipinski definition) is 9. The van der Waals surface area contributed by atoms with Gasteiger partial charge in [0.1, 0.15) is 63.4 Å². The van der Waals surface area contributed by atoms with Crippen molar-refractivity contribution in [2.75, 3.05) is 13.7 Å². The molecule has 0 aliphatic carbocycles. The highest BCUT2D eigenvalue weighted by Crippen LogP contribution is 2.45. The lowest BCUT2D eigenvalue weighted by atomic mass is 9.75. The fourth-order valence-electron chi connectivity index (χ4n) is 4.25. The number of nitriles is 1. The van der Waals surface area contributed by atoms with E-state index in [9.17, 15) is 24.3 Å². The highest BCUT2D eigenvalue weighted by Gasteiger charge is 2.60. The number of benzene rings is 1. The molecule has 4 rings (SSSR count). The first-order valence-corrected chi connectivity index (χ1v) is 11.7. The Hall–Kier alpha value is -2.18. The van der Waals surface area contributed by atoms with Crippen molar-refractivity contribution in [3.8, 4) is 17.3 Å². The Bertz CT molecular complexity index is 1290. The minimum Gasteiger partial charge on any atom is -0.394 e. The van der Waals surface area contributed by atoms with Crippen molar-refractivity contribution in [1.82, 2.24) is 20.0 Å². The highest BCUT2D eigenvalue weighted by molar-refractivity contribution is 9.10. The third-order valence-corrected chi connectivity index (χ3v) is 6.97. The van der Waals surface area contributed by atoms with E-state index in [-0.39, 0.29) is 22.5 Å². The number of pyridine rings is 1. The Labute approximate surface area is 216 Å². The fourth-order valence-corrected chi connectivity index (χ4v) is 5.19. The van der Waals surface area contributed by atoms with E-state index in [1.165, 1.54) is 24.2 Å². The lowest BCUT2D eigenvalue weighted by Gasteiger charge is -2.51. The Morgan fingerprint density at radius 2 is 2.06 bits per heavy atom. The average molecular weight is 589 g/mol. The van der Waals surface area contributed by atoms with E-state index in [4.69, 9.17) is 21.1 Å². The molecule has 0 amide bonds. The topological polar surface area (TPSA) is 126 Å². The molecule has 35 heavy (non-hydrogen) atoms. The predicted octanol–water partition coefficient (Wildman–Crippen LogP) is 2.67. The summed E-state index contributed by atoms with van der Waals surface area (Å²) < 4.78 is 41.2. The van der Waals surface area contributed by atoms with Gasteiger partial charge in [-0.2, -0.15) is 5.26 Å². The molecule has 1 fully saturated rings. The van der Waals surface area contributed by atoms with Crippen molar-refractivity contribution in [2.45, 2.75) is 29.3 Å². The van der Waals surface area contributed by atoms with Crippen LogP contribution in [0.25, 0.3) is 11.3 Å². The van der Waals surface area contributed by atoms with Crippen LogP contribution in [-0.4, -0.2) is 67.7 Å². The Kier molecular flexibility index (Phi) is 7.44. The van der Waals surface area contributed by atoms with Crippen LogP contribution >= 0.6 is 40.2 Å². The standard InChI is InChI=1S/C21H17BrClF2N5O4S/c1-33-19-20(35)34-16(8-31)18(32)21(19,11-4-10(22)6-27-14(11)5-26)30-7-15(28-29-30)9-2-12(24)17(23)13(25)3-9/h2-4,6-7,16,18-20,31-32,35H,8H2,1H3/t16-,18+,19+,20-,21+/m0/s1. The maximum Gasteiger partial charge on any atom is 0.150 e. The minimum atomic E-state index is -1.76. The number of aliphatic hydroxyl groups excluding tert-OH is 2. The van der Waals surface area contributed by atoms with Gasteiger partial charge >= 0.3 is 0 Å². The van der Waals surface area contributed by atoms with Crippen LogP contribution in [0.3, 0.4) is 0 Å². The molecular weight excluding hydrogens is 572 g/mol. The molecule has 3 heterocycles. The molecule has 1 saturated heterocycles. The zero-order valence-electron chi connectivity index (χ0n) is 17.8. The quantitative estimate of drug-likeness (QED) is 0.307. The van der Waals surface area contributed by atoms with Gasteiger partial charge in [0.2, 0.25) is 0 Å². The van der Waals surface area contributed by atoms with E-state index in [0.717, 1.165) is 12.1 Å². The number of nitrogens with zero attached hydrogens (tertiary/aromatic N) is 5. The van der Waals surface area contributed by atoms with Gasteiger partial charge in [-0.3, -0.25) is 0 Å². The minimum absolute atomic E-state index is 0.0234. The van der Waals surface area contributed by atoms with Crippen molar-refractivity contribution in [1.29, 1.82) is 5.26 Å². The summed E-state index contributed by atoms with van der Waals surface area (Å²) in [5.41, 5.74) is -2.62. The molecule has 2 aromatic heterocycles. The third kappa shape index (κ3) is 4.23. The van der Waals surface area contributed by atoms with Gasteiger partial charge in [0.15, 0.2) is 0 Å². The first-order valence-electron chi connectivity index (χ1n) is 9.98. The summed E-state index contributed by atoms with van der Waals surface area (Å²) in [6.45, 7) is -0.602. The largest absolute Gasteiger partial charge is 0.394 e. The molecule has 0 spiro atoms. The molecule has 1 aliphatic heterocycles. The normalized spacial score (nSPS) is 26.5. The summed E-state index contributed by atoms with van der Waals surface area (Å²) in [4.78, 5) is 4.14. The molecular formula is C21H17BrClF2N5O4S. The number of aromatic nitrogens is 4. The number of thiol groups is 1. The highest BCUT2D eigenvalue weighted by atomic mass is 79.9. The molecule has 9 nitrogen and oxygen atoms in total. The van der Waals surface area contributed by atoms with Crippen LogP contribution in [0.15, 0.2) is 35.1 Å². The molecule has 0 radical (unpaired) electrons. The second-order valence-corrected chi connectivity index (χ2v) is 9.44. The lowest BCUT2D eigenvalue weighted by Crippen LogP contribution is -2.68. The van der Waals surface area contributed by atoms with Gasteiger partial charge in [-0.15, -0.1) is 17.7 Å². The Morgan fingerprint density at radius 3 is 2.66 bits per heavy atom. The van der Waals surface area contributed by atoms with Crippen molar-refractivity contribution < 1.29 is 28.5 Å². The Morgan fingerprint density at radius 1 is 1.37 bits per heavy atom. The van der Waals surface area contributed by atoms with E-state index in [1.54, 1.807) is 6.07 Å². The van der Waals surface area contributed by atoms with Crippen molar-refractivity contribution >= 4 is 40.2 Å². The summed E-state index contributed by atoms with van der Waals surface area (Å²) in [5, 5.41) is 38.8. The van der Waals surface area contributed by atoms with Crippen LogP contribution in [-0.2, 0) is 15.0 Å². The van der Waals surface area contributed by atoms with Gasteiger partial charge in [0.25, 0.3) is 0 Å². The van der Waals surface area contributed by atoms with Gasteiger partial charge in [-0.1, -0.05) is 16.8 Å². The summed E-state index contributed by atoms with van der Waals surface area (Å²) in [6.07, 6.45) is -1.11. The van der Waals surface area contributed by atoms with Crippen LogP contribution in [0.5, 0.6) is 0 Å². The number of methoxy groups -OCH3 is 1. The first kappa shape index (κ1) is 25.9. The van der Waals surface area contributed by atoms with Crippen molar-refractivity contribution in [3.63, 3.8) is 0 Å². The third-order valence-electron chi connectivity index (χ3n) is 5.79. The molecule has 14 heteroatoms. The summed E-state index contributed by atoms with van der Waals surface area (Å²) in [7, 11) is 1.34. The van der Waals surface area contributed by atoms with Crippen LogP contribution in [0.2, 0.25) is 5.02 Å². The maximum absolute atomic E-state index is 14.1. The van der Waals surface area contributed by atoms with E-state index in [2.05, 4.69) is 43.9 Å². The average Bonchev–Trinajstić information content (AvgIpc) is 3.33. The van der Waals surface area contributed by atoms with Crippen LogP contribution < -0.4 is 0 Å². The van der Waals surface area contributed by atoms with Gasteiger partial charge in [0, 0.05) is 28.9 Å². The number of aliphatic hydroxyl groups is 2. The SMILES string of the molecule is CO[C@@H]1[C@H](S)O[C@@H](CO)[C@@H](O)[C@@]1(c1cc(Br)cnc1C#N)n1cc(-c2cc(F)c(Cl)c(F)c2)nn1. The van der Waals surface area contributed by atoms with Gasteiger partial charge < -0.3 is 19.7 Å². The first-order chi connectivity index (χ1) is 16.7. The maximum atomic E-state index is 14.1. The molecule has 0 bridgehead atoms. The smallest absolute Gasteiger partial charge is 0.150 e. The zero-order chi connectivity index (χ0) is 25.5. The van der Waals surface area contributed by atoms with Crippen LogP contribution in [0.4, 0.5) is 8.78 Å². The number of ether oxygens (including phenoxy) is 2. The van der Waals surface area contributed by atoms with E-state index < -0.39 is 52.6 Å². The van der Waals surface area contributed by atoms with Crippen molar-refractivity contribution in [2.24, 2.45) is 0 Å². The molecule has 0 unspecified atom stereocenters. The van der Waals surface area contributed by atoms with Crippen molar-refractivity contribution in [3.05, 3.63) is 63.0 Å². The molecule has 2 N–H and O–H groups in total. The lowest BCUT2D eigenvalue weighted by molar-refractivity contribution is -0.213. The predicted molar refractivity (Wildman–Crippen MR) is 126 cm³/mol. The number of halogens is 4.